The summed E-state index contributed by atoms with van der Waals surface area (Å²) in [5, 5.41) is 8.84. The Bertz CT molecular complexity index is 362. The zero-order valence-corrected chi connectivity index (χ0v) is 9.36. The van der Waals surface area contributed by atoms with E-state index < -0.39 is 0 Å². The normalized spacial score (nSPS) is 14.1. The predicted octanol–water partition coefficient (Wildman–Crippen LogP) is 1.49. The van der Waals surface area contributed by atoms with Gasteiger partial charge in [-0.3, -0.25) is 0 Å². The lowest BCUT2D eigenvalue weighted by atomic mass is 10.0. The van der Waals surface area contributed by atoms with Crippen LogP contribution in [0.4, 0.5) is 0 Å². The van der Waals surface area contributed by atoms with Crippen LogP contribution in [0.2, 0.25) is 0 Å². The number of fused-ring (bicyclic) bond motifs is 1. The number of benzene rings is 1. The molecule has 0 amide bonds. The molecule has 1 aromatic carbocycles. The Morgan fingerprint density at radius 2 is 2.31 bits per heavy atom. The molecule has 1 aromatic rings. The minimum Gasteiger partial charge on any atom is -0.496 e. The van der Waals surface area contributed by atoms with Gasteiger partial charge in [-0.05, 0) is 30.5 Å². The SMILES string of the molecule is COc1cc2c(cc1CCCO)OCOC2. The highest BCUT2D eigenvalue weighted by atomic mass is 16.7. The van der Waals surface area contributed by atoms with Crippen molar-refractivity contribution in [1.82, 2.24) is 0 Å². The van der Waals surface area contributed by atoms with Gasteiger partial charge in [0.25, 0.3) is 0 Å². The number of methoxy groups -OCH3 is 1. The van der Waals surface area contributed by atoms with Gasteiger partial charge in [0, 0.05) is 12.2 Å². The molecule has 0 atom stereocenters. The Hall–Kier alpha value is -1.26. The first-order valence-electron chi connectivity index (χ1n) is 5.36. The van der Waals surface area contributed by atoms with E-state index in [-0.39, 0.29) is 6.61 Å². The molecule has 0 aliphatic carbocycles. The predicted molar refractivity (Wildman–Crippen MR) is 58.7 cm³/mol. The number of hydrogen-bond acceptors (Lipinski definition) is 4. The molecule has 0 fully saturated rings. The third-order valence-electron chi connectivity index (χ3n) is 2.62. The lowest BCUT2D eigenvalue weighted by Gasteiger charge is -2.20. The highest BCUT2D eigenvalue weighted by Crippen LogP contribution is 2.32. The number of rotatable bonds is 4. The second-order valence-corrected chi connectivity index (χ2v) is 3.71. The number of aliphatic hydroxyl groups excluding tert-OH is 1. The smallest absolute Gasteiger partial charge is 0.189 e. The van der Waals surface area contributed by atoms with Crippen LogP contribution in [-0.4, -0.2) is 25.6 Å². The minimum atomic E-state index is 0.185. The van der Waals surface area contributed by atoms with E-state index in [4.69, 9.17) is 19.3 Å². The van der Waals surface area contributed by atoms with Crippen molar-refractivity contribution in [3.8, 4) is 11.5 Å². The maximum atomic E-state index is 8.84. The van der Waals surface area contributed by atoms with Crippen LogP contribution < -0.4 is 9.47 Å². The standard InChI is InChI=1S/C12H16O4/c1-14-11-6-10-7-15-8-16-12(10)5-9(11)3-2-4-13/h5-6,13H,2-4,7-8H2,1H3. The number of aliphatic hydroxyl groups is 1. The lowest BCUT2D eigenvalue weighted by molar-refractivity contribution is -0.0165. The summed E-state index contributed by atoms with van der Waals surface area (Å²) in [5.74, 6) is 1.70. The molecular formula is C12H16O4. The Morgan fingerprint density at radius 1 is 1.44 bits per heavy atom. The summed E-state index contributed by atoms with van der Waals surface area (Å²) in [5.41, 5.74) is 2.08. The molecule has 0 spiro atoms. The molecule has 0 radical (unpaired) electrons. The van der Waals surface area contributed by atoms with Gasteiger partial charge >= 0.3 is 0 Å². The molecule has 0 unspecified atom stereocenters. The van der Waals surface area contributed by atoms with Crippen LogP contribution in [0.15, 0.2) is 12.1 Å². The van der Waals surface area contributed by atoms with Crippen molar-refractivity contribution in [2.75, 3.05) is 20.5 Å². The third-order valence-corrected chi connectivity index (χ3v) is 2.62. The second kappa shape index (κ2) is 5.18. The first-order valence-corrected chi connectivity index (χ1v) is 5.36. The molecule has 4 heteroatoms. The van der Waals surface area contributed by atoms with Crippen LogP contribution in [0, 0.1) is 0 Å². The Morgan fingerprint density at radius 3 is 3.06 bits per heavy atom. The summed E-state index contributed by atoms with van der Waals surface area (Å²) in [6, 6.07) is 3.92. The maximum Gasteiger partial charge on any atom is 0.189 e. The molecule has 1 N–H and O–H groups in total. The van der Waals surface area contributed by atoms with E-state index >= 15 is 0 Å². The molecule has 2 rings (SSSR count). The van der Waals surface area contributed by atoms with Crippen LogP contribution >= 0.6 is 0 Å². The molecule has 1 heterocycles. The van der Waals surface area contributed by atoms with Gasteiger partial charge in [0.05, 0.1) is 13.7 Å². The molecular weight excluding hydrogens is 208 g/mol. The highest BCUT2D eigenvalue weighted by Gasteiger charge is 2.14. The molecule has 0 saturated carbocycles. The van der Waals surface area contributed by atoms with Gasteiger partial charge < -0.3 is 19.3 Å². The second-order valence-electron chi connectivity index (χ2n) is 3.71. The van der Waals surface area contributed by atoms with Gasteiger partial charge in [-0.2, -0.15) is 0 Å². The number of aryl methyl sites for hydroxylation is 1. The largest absolute Gasteiger partial charge is 0.496 e. The monoisotopic (exact) mass is 224 g/mol. The fourth-order valence-electron chi connectivity index (χ4n) is 1.80. The summed E-state index contributed by atoms with van der Waals surface area (Å²) < 4.78 is 15.9. The lowest BCUT2D eigenvalue weighted by Crippen LogP contribution is -2.12. The van der Waals surface area contributed by atoms with E-state index in [0.717, 1.165) is 35.5 Å². The quantitative estimate of drug-likeness (QED) is 0.841. The Balaban J connectivity index is 2.28. The Kier molecular flexibility index (Phi) is 3.64. The first kappa shape index (κ1) is 11.2. The average Bonchev–Trinajstić information content (AvgIpc) is 2.35. The Labute approximate surface area is 94.8 Å². The van der Waals surface area contributed by atoms with Gasteiger partial charge in [0.2, 0.25) is 0 Å². The van der Waals surface area contributed by atoms with E-state index in [9.17, 15) is 0 Å². The molecule has 1 aliphatic rings. The topological polar surface area (TPSA) is 47.9 Å². The van der Waals surface area contributed by atoms with Crippen LogP contribution in [0.5, 0.6) is 11.5 Å². The molecule has 88 valence electrons. The van der Waals surface area contributed by atoms with Gasteiger partial charge in [-0.25, -0.2) is 0 Å². The van der Waals surface area contributed by atoms with Crippen molar-refractivity contribution < 1.29 is 19.3 Å². The zero-order chi connectivity index (χ0) is 11.4. The fraction of sp³-hybridized carbons (Fsp3) is 0.500. The summed E-state index contributed by atoms with van der Waals surface area (Å²) >= 11 is 0. The summed E-state index contributed by atoms with van der Waals surface area (Å²) in [4.78, 5) is 0. The molecule has 4 nitrogen and oxygen atoms in total. The molecule has 16 heavy (non-hydrogen) atoms. The van der Waals surface area contributed by atoms with Crippen molar-refractivity contribution in [1.29, 1.82) is 0 Å². The van der Waals surface area contributed by atoms with E-state index in [0.29, 0.717) is 13.4 Å². The van der Waals surface area contributed by atoms with E-state index in [2.05, 4.69) is 0 Å². The van der Waals surface area contributed by atoms with Gasteiger partial charge in [0.15, 0.2) is 6.79 Å². The molecule has 0 saturated heterocycles. The van der Waals surface area contributed by atoms with Crippen LogP contribution in [0.1, 0.15) is 17.5 Å². The summed E-state index contributed by atoms with van der Waals surface area (Å²) in [6.07, 6.45) is 1.52. The number of hydrogen-bond donors (Lipinski definition) is 1. The fourth-order valence-corrected chi connectivity index (χ4v) is 1.80. The van der Waals surface area contributed by atoms with Gasteiger partial charge in [-0.1, -0.05) is 0 Å². The van der Waals surface area contributed by atoms with E-state index in [1.165, 1.54) is 0 Å². The van der Waals surface area contributed by atoms with E-state index in [1.807, 2.05) is 12.1 Å². The van der Waals surface area contributed by atoms with Crippen LogP contribution in [-0.2, 0) is 17.8 Å². The van der Waals surface area contributed by atoms with Crippen molar-refractivity contribution in [3.05, 3.63) is 23.3 Å². The third kappa shape index (κ3) is 2.28. The number of ether oxygens (including phenoxy) is 3. The van der Waals surface area contributed by atoms with Gasteiger partial charge in [0.1, 0.15) is 11.5 Å². The van der Waals surface area contributed by atoms with Crippen molar-refractivity contribution in [3.63, 3.8) is 0 Å². The molecule has 0 aromatic heterocycles. The molecule has 1 aliphatic heterocycles. The van der Waals surface area contributed by atoms with E-state index in [1.54, 1.807) is 7.11 Å². The van der Waals surface area contributed by atoms with Crippen molar-refractivity contribution in [2.24, 2.45) is 0 Å². The maximum absolute atomic E-state index is 8.84. The summed E-state index contributed by atoms with van der Waals surface area (Å²) in [7, 11) is 1.65. The van der Waals surface area contributed by atoms with Crippen molar-refractivity contribution in [2.45, 2.75) is 19.4 Å². The molecule has 0 bridgehead atoms. The first-order chi connectivity index (χ1) is 7.85. The van der Waals surface area contributed by atoms with Gasteiger partial charge in [-0.15, -0.1) is 0 Å². The van der Waals surface area contributed by atoms with Crippen LogP contribution in [0.3, 0.4) is 0 Å². The zero-order valence-electron chi connectivity index (χ0n) is 9.36. The average molecular weight is 224 g/mol. The highest BCUT2D eigenvalue weighted by molar-refractivity contribution is 5.46. The van der Waals surface area contributed by atoms with Crippen LogP contribution in [0.25, 0.3) is 0 Å². The summed E-state index contributed by atoms with van der Waals surface area (Å²) in [6.45, 7) is 1.05. The van der Waals surface area contributed by atoms with Crippen molar-refractivity contribution >= 4 is 0 Å². The minimum absolute atomic E-state index is 0.185.